The zero-order chi connectivity index (χ0) is 17.1. The Balaban J connectivity index is 3.14. The summed E-state index contributed by atoms with van der Waals surface area (Å²) in [5.41, 5.74) is 4.54. The minimum Gasteiger partial charge on any atom is -0.369 e. The number of guanidine groups is 1. The summed E-state index contributed by atoms with van der Waals surface area (Å²) in [6.45, 7) is -0.473. The topological polar surface area (TPSA) is 79.7 Å². The molecule has 5 nitrogen and oxygen atoms in total. The molecule has 0 aliphatic heterocycles. The lowest BCUT2D eigenvalue weighted by molar-refractivity contribution is -0.143. The Morgan fingerprint density at radius 3 is 1.91 bits per heavy atom. The molecular weight excluding hydrogens is 316 g/mol. The number of rotatable bonds is 3. The number of hydrazine groups is 2. The van der Waals surface area contributed by atoms with E-state index in [0.717, 1.165) is 5.12 Å². The van der Waals surface area contributed by atoms with Crippen LogP contribution in [0.5, 0.6) is 0 Å². The van der Waals surface area contributed by atoms with E-state index < -0.39 is 30.0 Å². The van der Waals surface area contributed by atoms with Gasteiger partial charge in [0, 0.05) is 7.05 Å². The molecule has 0 heterocycles. The first-order valence-electron chi connectivity index (χ1n) is 5.73. The largest absolute Gasteiger partial charge is 0.416 e. The second-order valence-electron chi connectivity index (χ2n) is 4.34. The van der Waals surface area contributed by atoms with Gasteiger partial charge >= 0.3 is 12.4 Å². The second kappa shape index (κ2) is 6.40. The summed E-state index contributed by atoms with van der Waals surface area (Å²) in [4.78, 5) is 3.61. The number of nitrogens with one attached hydrogen (secondary N) is 1. The van der Waals surface area contributed by atoms with Gasteiger partial charge in [-0.3, -0.25) is 11.3 Å². The molecule has 0 fully saturated rings. The van der Waals surface area contributed by atoms with Crippen molar-refractivity contribution in [3.63, 3.8) is 0 Å². The highest BCUT2D eigenvalue weighted by Gasteiger charge is 2.36. The van der Waals surface area contributed by atoms with Gasteiger partial charge in [-0.15, -0.1) is 0 Å². The van der Waals surface area contributed by atoms with E-state index in [1.54, 1.807) is 0 Å². The molecule has 22 heavy (non-hydrogen) atoms. The predicted octanol–water partition coefficient (Wildman–Crippen LogP) is 1.85. The van der Waals surface area contributed by atoms with Crippen LogP contribution in [0.1, 0.15) is 16.7 Å². The van der Waals surface area contributed by atoms with Crippen molar-refractivity contribution in [1.29, 1.82) is 0 Å². The van der Waals surface area contributed by atoms with Crippen LogP contribution < -0.4 is 17.0 Å². The van der Waals surface area contributed by atoms with Gasteiger partial charge in [0.15, 0.2) is 0 Å². The van der Waals surface area contributed by atoms with E-state index in [9.17, 15) is 26.3 Å². The van der Waals surface area contributed by atoms with Gasteiger partial charge in [0.1, 0.15) is 0 Å². The number of halogens is 6. The van der Waals surface area contributed by atoms with Crippen LogP contribution in [-0.2, 0) is 18.9 Å². The first-order chi connectivity index (χ1) is 9.89. The fraction of sp³-hybridized carbons (Fsp3) is 0.364. The van der Waals surface area contributed by atoms with E-state index in [0.29, 0.717) is 12.1 Å². The highest BCUT2D eigenvalue weighted by Crippen LogP contribution is 2.36. The third-order valence-corrected chi connectivity index (χ3v) is 2.37. The van der Waals surface area contributed by atoms with Crippen LogP contribution >= 0.6 is 0 Å². The SMILES string of the molecule is CN(N)NC(N)=NCc1cc(C(F)(F)F)cc(C(F)(F)F)c1. The molecule has 1 aromatic carbocycles. The van der Waals surface area contributed by atoms with E-state index in [1.807, 2.05) is 0 Å². The zero-order valence-corrected chi connectivity index (χ0v) is 11.3. The molecule has 1 aromatic rings. The Morgan fingerprint density at radius 2 is 1.55 bits per heavy atom. The predicted molar refractivity (Wildman–Crippen MR) is 66.9 cm³/mol. The van der Waals surface area contributed by atoms with E-state index in [1.165, 1.54) is 7.05 Å². The Labute approximate surface area is 121 Å². The van der Waals surface area contributed by atoms with Crippen molar-refractivity contribution in [3.05, 3.63) is 34.9 Å². The van der Waals surface area contributed by atoms with Crippen LogP contribution in [0.3, 0.4) is 0 Å². The third-order valence-electron chi connectivity index (χ3n) is 2.37. The molecule has 0 saturated heterocycles. The van der Waals surface area contributed by atoms with Gasteiger partial charge in [0.2, 0.25) is 5.96 Å². The quantitative estimate of drug-likeness (QED) is 0.260. The maximum absolute atomic E-state index is 12.6. The summed E-state index contributed by atoms with van der Waals surface area (Å²) in [6, 6.07) is 1.21. The Morgan fingerprint density at radius 1 is 1.09 bits per heavy atom. The van der Waals surface area contributed by atoms with Crippen molar-refractivity contribution in [2.24, 2.45) is 16.6 Å². The monoisotopic (exact) mass is 329 g/mol. The van der Waals surface area contributed by atoms with Crippen LogP contribution in [-0.4, -0.2) is 18.1 Å². The first kappa shape index (κ1) is 18.0. The molecule has 0 aliphatic carbocycles. The average molecular weight is 329 g/mol. The highest BCUT2D eigenvalue weighted by molar-refractivity contribution is 5.77. The normalized spacial score (nSPS) is 13.6. The van der Waals surface area contributed by atoms with Gasteiger partial charge in [0.25, 0.3) is 0 Å². The van der Waals surface area contributed by atoms with E-state index >= 15 is 0 Å². The molecule has 0 saturated carbocycles. The molecule has 0 atom stereocenters. The van der Waals surface area contributed by atoms with Crippen molar-refractivity contribution in [3.8, 4) is 0 Å². The second-order valence-corrected chi connectivity index (χ2v) is 4.34. The van der Waals surface area contributed by atoms with E-state index in [-0.39, 0.29) is 17.6 Å². The van der Waals surface area contributed by atoms with Crippen molar-refractivity contribution in [2.45, 2.75) is 18.9 Å². The van der Waals surface area contributed by atoms with Crippen molar-refractivity contribution >= 4 is 5.96 Å². The van der Waals surface area contributed by atoms with Crippen LogP contribution in [0.25, 0.3) is 0 Å². The fourth-order valence-electron chi connectivity index (χ4n) is 1.50. The Hall–Kier alpha value is -2.01. The minimum atomic E-state index is -4.90. The molecule has 0 bridgehead atoms. The zero-order valence-electron chi connectivity index (χ0n) is 11.3. The van der Waals surface area contributed by atoms with E-state index in [2.05, 4.69) is 10.4 Å². The van der Waals surface area contributed by atoms with Gasteiger partial charge in [-0.25, -0.2) is 4.99 Å². The molecular formula is C11H13F6N5. The number of nitrogens with two attached hydrogens (primary N) is 2. The van der Waals surface area contributed by atoms with Gasteiger partial charge in [0.05, 0.1) is 17.7 Å². The summed E-state index contributed by atoms with van der Waals surface area (Å²) in [7, 11) is 1.37. The van der Waals surface area contributed by atoms with Gasteiger partial charge < -0.3 is 5.73 Å². The molecule has 1 rings (SSSR count). The van der Waals surface area contributed by atoms with Gasteiger partial charge in [-0.2, -0.15) is 31.5 Å². The van der Waals surface area contributed by atoms with Crippen LogP contribution in [0, 0.1) is 0 Å². The lowest BCUT2D eigenvalue weighted by Gasteiger charge is -2.14. The molecule has 124 valence electrons. The molecule has 0 radical (unpaired) electrons. The van der Waals surface area contributed by atoms with E-state index in [4.69, 9.17) is 11.6 Å². The molecule has 0 amide bonds. The summed E-state index contributed by atoms with van der Waals surface area (Å²) < 4.78 is 75.9. The van der Waals surface area contributed by atoms with Crippen LogP contribution in [0.4, 0.5) is 26.3 Å². The number of hydrogen-bond acceptors (Lipinski definition) is 3. The number of nitrogens with zero attached hydrogens (tertiary/aromatic N) is 2. The summed E-state index contributed by atoms with van der Waals surface area (Å²) in [5, 5.41) is 0.923. The fourth-order valence-corrected chi connectivity index (χ4v) is 1.50. The highest BCUT2D eigenvalue weighted by atomic mass is 19.4. The average Bonchev–Trinajstić information content (AvgIpc) is 2.33. The summed E-state index contributed by atoms with van der Waals surface area (Å²) in [6.07, 6.45) is -9.80. The van der Waals surface area contributed by atoms with Gasteiger partial charge in [-0.1, -0.05) is 0 Å². The molecule has 5 N–H and O–H groups in total. The molecule has 0 unspecified atom stereocenters. The Kier molecular flexibility index (Phi) is 5.25. The number of alkyl halides is 6. The third kappa shape index (κ3) is 5.41. The van der Waals surface area contributed by atoms with Crippen molar-refractivity contribution < 1.29 is 26.3 Å². The summed E-state index contributed by atoms with van der Waals surface area (Å²) >= 11 is 0. The number of benzene rings is 1. The lowest BCUT2D eigenvalue weighted by atomic mass is 10.0. The van der Waals surface area contributed by atoms with Crippen molar-refractivity contribution in [2.75, 3.05) is 7.05 Å². The first-order valence-corrected chi connectivity index (χ1v) is 5.73. The maximum atomic E-state index is 12.6. The van der Waals surface area contributed by atoms with Crippen molar-refractivity contribution in [1.82, 2.24) is 10.5 Å². The minimum absolute atomic E-state index is 0.0441. The standard InChI is InChI=1S/C11H13F6N5/c1-22(19)21-9(18)20-5-6-2-7(10(12,13)14)4-8(3-6)11(15,16)17/h2-4H,5,19H2,1H3,(H3,18,20,21). The van der Waals surface area contributed by atoms with Gasteiger partial charge in [-0.05, 0) is 23.8 Å². The molecule has 0 spiro atoms. The smallest absolute Gasteiger partial charge is 0.369 e. The number of hydrogen-bond donors (Lipinski definition) is 3. The molecule has 0 aromatic heterocycles. The molecule has 0 aliphatic rings. The lowest BCUT2D eigenvalue weighted by Crippen LogP contribution is -2.47. The van der Waals surface area contributed by atoms with Crippen LogP contribution in [0.2, 0.25) is 0 Å². The summed E-state index contributed by atoms with van der Waals surface area (Å²) in [5.74, 6) is 4.93. The van der Waals surface area contributed by atoms with Crippen LogP contribution in [0.15, 0.2) is 23.2 Å². The maximum Gasteiger partial charge on any atom is 0.416 e. The molecule has 11 heteroatoms. The Bertz CT molecular complexity index is 517. The number of aliphatic imine (C=N–C) groups is 1.